The number of fused-ring (bicyclic) bond motifs is 1. The van der Waals surface area contributed by atoms with Gasteiger partial charge in [-0.25, -0.2) is 0 Å². The predicted octanol–water partition coefficient (Wildman–Crippen LogP) is 2.28. The van der Waals surface area contributed by atoms with Crippen LogP contribution >= 0.6 is 0 Å². The highest BCUT2D eigenvalue weighted by molar-refractivity contribution is 5.94. The minimum Gasteiger partial charge on any atom is -0.378 e. The zero-order chi connectivity index (χ0) is 13.2. The number of hydrogen-bond acceptors (Lipinski definition) is 2. The number of morpholine rings is 1. The third-order valence-electron chi connectivity index (χ3n) is 4.23. The second kappa shape index (κ2) is 5.33. The topological polar surface area (TPSA) is 29.5 Å². The highest BCUT2D eigenvalue weighted by Crippen LogP contribution is 2.26. The van der Waals surface area contributed by atoms with Crippen molar-refractivity contribution in [3.63, 3.8) is 0 Å². The lowest BCUT2D eigenvalue weighted by Gasteiger charge is -2.28. The Bertz CT molecular complexity index is 478. The fourth-order valence-corrected chi connectivity index (χ4v) is 3.02. The molecular formula is C16H21NO2. The Morgan fingerprint density at radius 1 is 1.26 bits per heavy atom. The monoisotopic (exact) mass is 259 g/mol. The molecule has 1 atom stereocenters. The SMILES string of the molecule is CC1CCc2cc(C(=O)N3CCOCC3)ccc2C1. The van der Waals surface area contributed by atoms with Gasteiger partial charge in [0.2, 0.25) is 0 Å². The van der Waals surface area contributed by atoms with E-state index in [0.717, 1.165) is 24.3 Å². The van der Waals surface area contributed by atoms with Crippen LogP contribution in [0.25, 0.3) is 0 Å². The van der Waals surface area contributed by atoms with Crippen LogP contribution in [0, 0.1) is 5.92 Å². The Morgan fingerprint density at radius 3 is 2.84 bits per heavy atom. The van der Waals surface area contributed by atoms with E-state index < -0.39 is 0 Å². The third-order valence-corrected chi connectivity index (χ3v) is 4.23. The van der Waals surface area contributed by atoms with Crippen molar-refractivity contribution in [2.45, 2.75) is 26.2 Å². The summed E-state index contributed by atoms with van der Waals surface area (Å²) in [6.45, 7) is 5.05. The number of aryl methyl sites for hydroxylation is 1. The Balaban J connectivity index is 1.79. The van der Waals surface area contributed by atoms with E-state index in [1.807, 2.05) is 11.0 Å². The van der Waals surface area contributed by atoms with Gasteiger partial charge in [-0.1, -0.05) is 13.0 Å². The lowest BCUT2D eigenvalue weighted by atomic mass is 9.84. The van der Waals surface area contributed by atoms with E-state index in [1.165, 1.54) is 17.5 Å². The standard InChI is InChI=1S/C16H21NO2/c1-12-2-3-14-11-15(5-4-13(14)10-12)16(18)17-6-8-19-9-7-17/h4-5,11-12H,2-3,6-10H2,1H3. The fourth-order valence-electron chi connectivity index (χ4n) is 3.02. The zero-order valence-corrected chi connectivity index (χ0v) is 11.5. The van der Waals surface area contributed by atoms with Gasteiger partial charge in [0.15, 0.2) is 0 Å². The van der Waals surface area contributed by atoms with Crippen molar-refractivity contribution >= 4 is 5.91 Å². The molecule has 1 saturated heterocycles. The molecule has 19 heavy (non-hydrogen) atoms. The molecule has 1 amide bonds. The van der Waals surface area contributed by atoms with Crippen molar-refractivity contribution in [3.05, 3.63) is 34.9 Å². The summed E-state index contributed by atoms with van der Waals surface area (Å²) in [7, 11) is 0. The molecule has 3 nitrogen and oxygen atoms in total. The van der Waals surface area contributed by atoms with Crippen LogP contribution in [0.1, 0.15) is 34.8 Å². The van der Waals surface area contributed by atoms with Crippen LogP contribution in [0.5, 0.6) is 0 Å². The second-order valence-corrected chi connectivity index (χ2v) is 5.74. The summed E-state index contributed by atoms with van der Waals surface area (Å²) in [4.78, 5) is 14.3. The summed E-state index contributed by atoms with van der Waals surface area (Å²) < 4.78 is 5.29. The minimum absolute atomic E-state index is 0.157. The average molecular weight is 259 g/mol. The number of carbonyl (C=O) groups is 1. The zero-order valence-electron chi connectivity index (χ0n) is 11.5. The molecule has 1 aliphatic heterocycles. The van der Waals surface area contributed by atoms with Crippen LogP contribution in [0.3, 0.4) is 0 Å². The molecule has 0 radical (unpaired) electrons. The van der Waals surface area contributed by atoms with Crippen LogP contribution in [0.15, 0.2) is 18.2 Å². The van der Waals surface area contributed by atoms with Gasteiger partial charge in [-0.2, -0.15) is 0 Å². The average Bonchev–Trinajstić information content (AvgIpc) is 2.47. The van der Waals surface area contributed by atoms with Crippen molar-refractivity contribution in [2.75, 3.05) is 26.3 Å². The van der Waals surface area contributed by atoms with Crippen LogP contribution < -0.4 is 0 Å². The Morgan fingerprint density at radius 2 is 2.05 bits per heavy atom. The molecule has 0 aromatic heterocycles. The first-order valence-electron chi connectivity index (χ1n) is 7.23. The van der Waals surface area contributed by atoms with Crippen molar-refractivity contribution in [1.82, 2.24) is 4.90 Å². The number of carbonyl (C=O) groups excluding carboxylic acids is 1. The van der Waals surface area contributed by atoms with Crippen LogP contribution in [-0.4, -0.2) is 37.1 Å². The van der Waals surface area contributed by atoms with E-state index >= 15 is 0 Å². The van der Waals surface area contributed by atoms with E-state index in [4.69, 9.17) is 4.74 Å². The number of amides is 1. The summed E-state index contributed by atoms with van der Waals surface area (Å²) in [5.41, 5.74) is 3.64. The van der Waals surface area contributed by atoms with Gasteiger partial charge in [0.05, 0.1) is 13.2 Å². The molecule has 102 valence electrons. The van der Waals surface area contributed by atoms with Gasteiger partial charge in [0.25, 0.3) is 5.91 Å². The van der Waals surface area contributed by atoms with Crippen molar-refractivity contribution in [2.24, 2.45) is 5.92 Å². The second-order valence-electron chi connectivity index (χ2n) is 5.74. The molecule has 1 aromatic rings. The first-order valence-corrected chi connectivity index (χ1v) is 7.23. The maximum atomic E-state index is 12.4. The van der Waals surface area contributed by atoms with Crippen molar-refractivity contribution < 1.29 is 9.53 Å². The summed E-state index contributed by atoms with van der Waals surface area (Å²) in [5, 5.41) is 0. The Kier molecular flexibility index (Phi) is 3.56. The number of nitrogens with zero attached hydrogens (tertiary/aromatic N) is 1. The lowest BCUT2D eigenvalue weighted by molar-refractivity contribution is 0.0303. The van der Waals surface area contributed by atoms with Crippen LogP contribution in [-0.2, 0) is 17.6 Å². The quantitative estimate of drug-likeness (QED) is 0.774. The predicted molar refractivity (Wildman–Crippen MR) is 74.4 cm³/mol. The molecule has 3 rings (SSSR count). The third kappa shape index (κ3) is 2.66. The van der Waals surface area contributed by atoms with E-state index in [9.17, 15) is 4.79 Å². The molecule has 1 aliphatic carbocycles. The summed E-state index contributed by atoms with van der Waals surface area (Å²) in [6, 6.07) is 6.26. The smallest absolute Gasteiger partial charge is 0.254 e. The number of rotatable bonds is 1. The molecule has 1 aromatic carbocycles. The number of hydrogen-bond donors (Lipinski definition) is 0. The maximum Gasteiger partial charge on any atom is 0.254 e. The normalized spacial score (nSPS) is 23.0. The van der Waals surface area contributed by atoms with E-state index in [2.05, 4.69) is 19.1 Å². The first kappa shape index (κ1) is 12.7. The van der Waals surface area contributed by atoms with E-state index in [0.29, 0.717) is 26.3 Å². The van der Waals surface area contributed by atoms with Gasteiger partial charge in [0.1, 0.15) is 0 Å². The van der Waals surface area contributed by atoms with Gasteiger partial charge in [-0.05, 0) is 48.4 Å². The van der Waals surface area contributed by atoms with E-state index in [1.54, 1.807) is 0 Å². The molecule has 0 N–H and O–H groups in total. The van der Waals surface area contributed by atoms with Crippen LogP contribution in [0.4, 0.5) is 0 Å². The number of benzene rings is 1. The van der Waals surface area contributed by atoms with Crippen molar-refractivity contribution in [1.29, 1.82) is 0 Å². The molecule has 1 fully saturated rings. The van der Waals surface area contributed by atoms with Gasteiger partial charge in [0, 0.05) is 18.7 Å². The largest absolute Gasteiger partial charge is 0.378 e. The molecular weight excluding hydrogens is 238 g/mol. The summed E-state index contributed by atoms with van der Waals surface area (Å²) in [6.07, 6.45) is 3.50. The summed E-state index contributed by atoms with van der Waals surface area (Å²) >= 11 is 0. The van der Waals surface area contributed by atoms with Gasteiger partial charge in [-0.3, -0.25) is 4.79 Å². The highest BCUT2D eigenvalue weighted by atomic mass is 16.5. The molecule has 1 unspecified atom stereocenters. The minimum atomic E-state index is 0.157. The summed E-state index contributed by atoms with van der Waals surface area (Å²) in [5.74, 6) is 0.929. The van der Waals surface area contributed by atoms with Gasteiger partial charge >= 0.3 is 0 Å². The van der Waals surface area contributed by atoms with Crippen LogP contribution in [0.2, 0.25) is 0 Å². The first-order chi connectivity index (χ1) is 9.24. The molecule has 0 bridgehead atoms. The molecule has 0 saturated carbocycles. The molecule has 0 spiro atoms. The molecule has 3 heteroatoms. The van der Waals surface area contributed by atoms with E-state index in [-0.39, 0.29) is 5.91 Å². The van der Waals surface area contributed by atoms with Gasteiger partial charge in [-0.15, -0.1) is 0 Å². The lowest BCUT2D eigenvalue weighted by Crippen LogP contribution is -2.40. The molecule has 1 heterocycles. The maximum absolute atomic E-state index is 12.4. The number of ether oxygens (including phenoxy) is 1. The fraction of sp³-hybridized carbons (Fsp3) is 0.562. The Hall–Kier alpha value is -1.35. The van der Waals surface area contributed by atoms with Crippen molar-refractivity contribution in [3.8, 4) is 0 Å². The Labute approximate surface area is 114 Å². The van der Waals surface area contributed by atoms with Gasteiger partial charge < -0.3 is 9.64 Å². The highest BCUT2D eigenvalue weighted by Gasteiger charge is 2.21. The molecule has 2 aliphatic rings.